The summed E-state index contributed by atoms with van der Waals surface area (Å²) in [6.45, 7) is 0. The van der Waals surface area contributed by atoms with Crippen molar-refractivity contribution in [3.05, 3.63) is 70.8 Å². The molecule has 0 spiro atoms. The van der Waals surface area contributed by atoms with Crippen molar-refractivity contribution >= 4 is 11.8 Å². The van der Waals surface area contributed by atoms with E-state index in [0.717, 1.165) is 22.2 Å². The summed E-state index contributed by atoms with van der Waals surface area (Å²) >= 11 is 1.58. The third-order valence-electron chi connectivity index (χ3n) is 3.12. The smallest absolute Gasteiger partial charge is 0.271 e. The van der Waals surface area contributed by atoms with E-state index < -0.39 is 0 Å². The maximum Gasteiger partial charge on any atom is 0.271 e. The minimum atomic E-state index is -0.0817. The van der Waals surface area contributed by atoms with Crippen molar-refractivity contribution in [3.63, 3.8) is 0 Å². The summed E-state index contributed by atoms with van der Waals surface area (Å²) in [7, 11) is 1.61. The zero-order valence-corrected chi connectivity index (χ0v) is 12.8. The van der Waals surface area contributed by atoms with Crippen molar-refractivity contribution in [2.45, 2.75) is 10.8 Å². The molecule has 0 unspecified atom stereocenters. The highest BCUT2D eigenvalue weighted by Gasteiger charge is 2.06. The first-order valence-corrected chi connectivity index (χ1v) is 7.74. The van der Waals surface area contributed by atoms with E-state index in [4.69, 9.17) is 4.74 Å². The number of H-pyrrole nitrogens is 1. The fourth-order valence-electron chi connectivity index (χ4n) is 2.03. The minimum absolute atomic E-state index is 0.0817. The van der Waals surface area contributed by atoms with E-state index >= 15 is 0 Å². The summed E-state index contributed by atoms with van der Waals surface area (Å²) in [5.41, 5.74) is 1.55. The summed E-state index contributed by atoms with van der Waals surface area (Å²) in [4.78, 5) is 16.3. The molecule has 2 aromatic heterocycles. The molecule has 0 radical (unpaired) electrons. The second-order valence-corrected chi connectivity index (χ2v) is 5.61. The van der Waals surface area contributed by atoms with Gasteiger partial charge in [0.25, 0.3) is 5.56 Å². The Bertz CT molecular complexity index is 794. The van der Waals surface area contributed by atoms with Crippen molar-refractivity contribution < 1.29 is 4.74 Å². The van der Waals surface area contributed by atoms with Crippen LogP contribution in [0.25, 0.3) is 5.69 Å². The summed E-state index contributed by atoms with van der Waals surface area (Å²) in [5.74, 6) is 1.42. The van der Waals surface area contributed by atoms with E-state index in [1.807, 2.05) is 42.5 Å². The first-order valence-electron chi connectivity index (χ1n) is 6.75. The summed E-state index contributed by atoms with van der Waals surface area (Å²) < 4.78 is 6.64. The van der Waals surface area contributed by atoms with Gasteiger partial charge in [-0.1, -0.05) is 6.07 Å². The molecule has 2 heterocycles. The van der Waals surface area contributed by atoms with Crippen molar-refractivity contribution in [2.75, 3.05) is 7.11 Å². The van der Waals surface area contributed by atoms with Gasteiger partial charge in [0.05, 0.1) is 17.8 Å². The van der Waals surface area contributed by atoms with Crippen LogP contribution in [0.15, 0.2) is 64.5 Å². The zero-order chi connectivity index (χ0) is 15.4. The molecule has 22 heavy (non-hydrogen) atoms. The Labute approximate surface area is 132 Å². The largest absolute Gasteiger partial charge is 0.497 e. The third kappa shape index (κ3) is 3.23. The fourth-order valence-corrected chi connectivity index (χ4v) is 2.79. The molecule has 0 bridgehead atoms. The second kappa shape index (κ2) is 6.53. The lowest BCUT2D eigenvalue weighted by Crippen LogP contribution is -2.13. The Morgan fingerprint density at radius 2 is 2.05 bits per heavy atom. The molecule has 0 aliphatic carbocycles. The van der Waals surface area contributed by atoms with Gasteiger partial charge in [-0.05, 0) is 36.4 Å². The van der Waals surface area contributed by atoms with Gasteiger partial charge in [0.2, 0.25) is 0 Å². The maximum atomic E-state index is 12.1. The highest BCUT2D eigenvalue weighted by molar-refractivity contribution is 7.98. The van der Waals surface area contributed by atoms with Gasteiger partial charge in [0.15, 0.2) is 0 Å². The molecule has 0 amide bonds. The molecule has 0 fully saturated rings. The molecule has 6 heteroatoms. The van der Waals surface area contributed by atoms with E-state index in [9.17, 15) is 4.79 Å². The van der Waals surface area contributed by atoms with Gasteiger partial charge in [-0.15, -0.1) is 11.8 Å². The number of hydrogen-bond acceptors (Lipinski definition) is 4. The zero-order valence-electron chi connectivity index (χ0n) is 12.0. The van der Waals surface area contributed by atoms with Crippen molar-refractivity contribution in [3.8, 4) is 11.4 Å². The molecule has 0 saturated heterocycles. The monoisotopic (exact) mass is 313 g/mol. The maximum absolute atomic E-state index is 12.1. The number of benzene rings is 1. The fraction of sp³-hybridized carbons (Fsp3) is 0.125. The standard InChI is InChI=1S/C16H15N3O2S/c1-21-14-7-5-13(6-8-14)19-16(20)10-12(18-19)11-22-15-4-2-3-9-17-15/h2-10,18H,11H2,1H3. The second-order valence-electron chi connectivity index (χ2n) is 4.61. The topological polar surface area (TPSA) is 59.9 Å². The summed E-state index contributed by atoms with van der Waals surface area (Å²) in [6.07, 6.45) is 1.76. The van der Waals surface area contributed by atoms with Crippen LogP contribution in [0, 0.1) is 0 Å². The average molecular weight is 313 g/mol. The normalized spacial score (nSPS) is 10.6. The van der Waals surface area contributed by atoms with Gasteiger partial charge >= 0.3 is 0 Å². The van der Waals surface area contributed by atoms with E-state index in [1.54, 1.807) is 31.1 Å². The molecule has 3 rings (SSSR count). The van der Waals surface area contributed by atoms with Crippen molar-refractivity contribution in [1.82, 2.24) is 14.8 Å². The Kier molecular flexibility index (Phi) is 4.29. The van der Waals surface area contributed by atoms with Gasteiger partial charge < -0.3 is 4.74 Å². The quantitative estimate of drug-likeness (QED) is 0.736. The molecule has 5 nitrogen and oxygen atoms in total. The molecule has 1 aromatic carbocycles. The third-order valence-corrected chi connectivity index (χ3v) is 4.11. The lowest BCUT2D eigenvalue weighted by Gasteiger charge is -2.04. The number of methoxy groups -OCH3 is 1. The van der Waals surface area contributed by atoms with Crippen LogP contribution in [0.4, 0.5) is 0 Å². The predicted molar refractivity (Wildman–Crippen MR) is 86.7 cm³/mol. The number of nitrogens with one attached hydrogen (secondary N) is 1. The number of aromatic nitrogens is 3. The van der Waals surface area contributed by atoms with Crippen LogP contribution in [-0.2, 0) is 5.75 Å². The minimum Gasteiger partial charge on any atom is -0.497 e. The van der Waals surface area contributed by atoms with E-state index in [1.165, 1.54) is 4.68 Å². The van der Waals surface area contributed by atoms with Crippen LogP contribution in [0.5, 0.6) is 5.75 Å². The first-order chi connectivity index (χ1) is 10.8. The molecule has 0 aliphatic rings. The van der Waals surface area contributed by atoms with Crippen LogP contribution in [-0.4, -0.2) is 21.9 Å². The van der Waals surface area contributed by atoms with Crippen LogP contribution in [0.3, 0.4) is 0 Å². The number of nitrogens with zero attached hydrogens (tertiary/aromatic N) is 2. The summed E-state index contributed by atoms with van der Waals surface area (Å²) in [5, 5.41) is 4.05. The van der Waals surface area contributed by atoms with Crippen molar-refractivity contribution in [1.29, 1.82) is 0 Å². The van der Waals surface area contributed by atoms with Gasteiger partial charge in [0, 0.05) is 23.7 Å². The number of thioether (sulfide) groups is 1. The lowest BCUT2D eigenvalue weighted by molar-refractivity contribution is 0.414. The Morgan fingerprint density at radius 1 is 1.23 bits per heavy atom. The highest BCUT2D eigenvalue weighted by atomic mass is 32.2. The number of aromatic amines is 1. The van der Waals surface area contributed by atoms with Crippen LogP contribution >= 0.6 is 11.8 Å². The molecular weight excluding hydrogens is 298 g/mol. The predicted octanol–water partition coefficient (Wildman–Crippen LogP) is 2.86. The molecule has 112 valence electrons. The SMILES string of the molecule is COc1ccc(-n2[nH]c(CSc3ccccn3)cc2=O)cc1. The Hall–Kier alpha value is -2.47. The average Bonchev–Trinajstić information content (AvgIpc) is 2.95. The lowest BCUT2D eigenvalue weighted by atomic mass is 10.3. The van der Waals surface area contributed by atoms with E-state index in [-0.39, 0.29) is 5.56 Å². The van der Waals surface area contributed by atoms with Gasteiger partial charge in [-0.3, -0.25) is 9.89 Å². The van der Waals surface area contributed by atoms with Crippen LogP contribution in [0.2, 0.25) is 0 Å². The number of rotatable bonds is 5. The highest BCUT2D eigenvalue weighted by Crippen LogP contribution is 2.19. The molecule has 0 atom stereocenters. The molecule has 1 N–H and O–H groups in total. The number of ether oxygens (including phenoxy) is 1. The molecule has 0 aliphatic heterocycles. The van der Waals surface area contributed by atoms with Crippen LogP contribution in [0.1, 0.15) is 5.69 Å². The molecular formula is C16H15N3O2S. The van der Waals surface area contributed by atoms with Crippen molar-refractivity contribution in [2.24, 2.45) is 0 Å². The molecule has 3 aromatic rings. The van der Waals surface area contributed by atoms with Gasteiger partial charge in [-0.2, -0.15) is 0 Å². The molecule has 0 saturated carbocycles. The summed E-state index contributed by atoms with van der Waals surface area (Å²) in [6, 6.07) is 14.7. The first kappa shape index (κ1) is 14.5. The van der Waals surface area contributed by atoms with Gasteiger partial charge in [-0.25, -0.2) is 9.67 Å². The Balaban J connectivity index is 1.77. The van der Waals surface area contributed by atoms with Crippen LogP contribution < -0.4 is 10.3 Å². The number of hydrogen-bond donors (Lipinski definition) is 1. The van der Waals surface area contributed by atoms with E-state index in [0.29, 0.717) is 5.75 Å². The Morgan fingerprint density at radius 3 is 2.73 bits per heavy atom. The van der Waals surface area contributed by atoms with Gasteiger partial charge in [0.1, 0.15) is 5.75 Å². The number of pyridine rings is 1. The van der Waals surface area contributed by atoms with E-state index in [2.05, 4.69) is 10.1 Å².